The van der Waals surface area contributed by atoms with Gasteiger partial charge in [0.15, 0.2) is 0 Å². The molecule has 19 heavy (non-hydrogen) atoms. The summed E-state index contributed by atoms with van der Waals surface area (Å²) in [5, 5.41) is 6.15. The van der Waals surface area contributed by atoms with Crippen molar-refractivity contribution in [2.24, 2.45) is 11.8 Å². The second kappa shape index (κ2) is 8.77. The summed E-state index contributed by atoms with van der Waals surface area (Å²) in [4.78, 5) is 14.0. The van der Waals surface area contributed by atoms with E-state index in [0.29, 0.717) is 5.92 Å². The fraction of sp³-hybridized carbons (Fsp3) is 0.929. The molecular formula is C14H28ClN3O. The lowest BCUT2D eigenvalue weighted by molar-refractivity contribution is -0.121. The number of likely N-dealkylation sites (tertiary alicyclic amines) is 1. The number of hydrogen-bond donors (Lipinski definition) is 2. The maximum absolute atomic E-state index is 11.3. The van der Waals surface area contributed by atoms with Gasteiger partial charge < -0.3 is 15.5 Å². The quantitative estimate of drug-likeness (QED) is 0.819. The molecule has 2 fully saturated rings. The van der Waals surface area contributed by atoms with Crippen molar-refractivity contribution in [1.82, 2.24) is 15.5 Å². The molecule has 4 nitrogen and oxygen atoms in total. The summed E-state index contributed by atoms with van der Waals surface area (Å²) in [6, 6.07) is 0. The number of hydrogen-bond acceptors (Lipinski definition) is 3. The van der Waals surface area contributed by atoms with E-state index in [1.807, 2.05) is 0 Å². The molecule has 2 aliphatic rings. The highest BCUT2D eigenvalue weighted by atomic mass is 35.5. The van der Waals surface area contributed by atoms with Crippen molar-refractivity contribution < 1.29 is 4.79 Å². The molecule has 112 valence electrons. The molecule has 0 spiro atoms. The highest BCUT2D eigenvalue weighted by Crippen LogP contribution is 2.22. The van der Waals surface area contributed by atoms with Crippen LogP contribution in [0.1, 0.15) is 32.1 Å². The van der Waals surface area contributed by atoms with E-state index in [1.165, 1.54) is 58.4 Å². The monoisotopic (exact) mass is 289 g/mol. The van der Waals surface area contributed by atoms with Gasteiger partial charge in [-0.1, -0.05) is 0 Å². The number of piperidine rings is 2. The first-order valence-corrected chi connectivity index (χ1v) is 7.41. The number of carbonyl (C=O) groups is 1. The Balaban J connectivity index is 0.00000180. The molecule has 2 heterocycles. The van der Waals surface area contributed by atoms with Crippen LogP contribution in [0.25, 0.3) is 0 Å². The van der Waals surface area contributed by atoms with Gasteiger partial charge in [-0.15, -0.1) is 12.4 Å². The van der Waals surface area contributed by atoms with E-state index < -0.39 is 0 Å². The van der Waals surface area contributed by atoms with Gasteiger partial charge >= 0.3 is 0 Å². The minimum Gasteiger partial charge on any atom is -0.359 e. The zero-order valence-corrected chi connectivity index (χ0v) is 12.8. The summed E-state index contributed by atoms with van der Waals surface area (Å²) in [7, 11) is 1.73. The Morgan fingerprint density at radius 3 is 2.37 bits per heavy atom. The maximum atomic E-state index is 11.3. The van der Waals surface area contributed by atoms with Crippen LogP contribution < -0.4 is 10.6 Å². The van der Waals surface area contributed by atoms with Crippen molar-refractivity contribution in [1.29, 1.82) is 0 Å². The van der Waals surface area contributed by atoms with Crippen LogP contribution in [0, 0.1) is 11.8 Å². The van der Waals surface area contributed by atoms with Crippen LogP contribution in [-0.2, 0) is 4.79 Å². The van der Waals surface area contributed by atoms with Gasteiger partial charge in [0.25, 0.3) is 0 Å². The van der Waals surface area contributed by atoms with Crippen molar-refractivity contribution in [3.05, 3.63) is 0 Å². The molecule has 0 saturated carbocycles. The fourth-order valence-corrected chi connectivity index (χ4v) is 3.17. The van der Waals surface area contributed by atoms with Crippen LogP contribution in [0.2, 0.25) is 0 Å². The molecule has 0 aromatic rings. The Morgan fingerprint density at radius 1 is 1.16 bits per heavy atom. The van der Waals surface area contributed by atoms with E-state index in [4.69, 9.17) is 0 Å². The maximum Gasteiger partial charge on any atom is 0.220 e. The summed E-state index contributed by atoms with van der Waals surface area (Å²) in [6.45, 7) is 6.03. The van der Waals surface area contributed by atoms with Gasteiger partial charge in [0, 0.05) is 20.0 Å². The molecule has 2 N–H and O–H groups in total. The average Bonchev–Trinajstić information content (AvgIpc) is 2.42. The Morgan fingerprint density at radius 2 is 1.79 bits per heavy atom. The molecule has 0 unspecified atom stereocenters. The van der Waals surface area contributed by atoms with Crippen molar-refractivity contribution in [2.75, 3.05) is 39.8 Å². The predicted molar refractivity (Wildman–Crippen MR) is 80.7 cm³/mol. The molecule has 2 saturated heterocycles. The first-order valence-electron chi connectivity index (χ1n) is 7.41. The number of nitrogens with one attached hydrogen (secondary N) is 2. The van der Waals surface area contributed by atoms with Crippen molar-refractivity contribution >= 4 is 18.3 Å². The van der Waals surface area contributed by atoms with Crippen LogP contribution >= 0.6 is 12.4 Å². The van der Waals surface area contributed by atoms with Gasteiger partial charge in [0.1, 0.15) is 0 Å². The molecule has 0 aromatic carbocycles. The SMILES string of the molecule is CNC(=O)CC1CCN(CC2CCNCC2)CC1.Cl. The molecule has 1 amide bonds. The number of carbonyl (C=O) groups excluding carboxylic acids is 1. The molecular weight excluding hydrogens is 262 g/mol. The standard InChI is InChI=1S/C14H27N3O.ClH/c1-15-14(18)10-12-4-8-17(9-5-12)11-13-2-6-16-7-3-13;/h12-13,16H,2-11H2,1H3,(H,15,18);1H. The zero-order chi connectivity index (χ0) is 12.8. The first-order chi connectivity index (χ1) is 8.78. The van der Waals surface area contributed by atoms with Gasteiger partial charge in [0.05, 0.1) is 0 Å². The third-order valence-corrected chi connectivity index (χ3v) is 4.44. The summed E-state index contributed by atoms with van der Waals surface area (Å²) in [6.07, 6.45) is 5.77. The normalized spacial score (nSPS) is 22.8. The lowest BCUT2D eigenvalue weighted by Gasteiger charge is -2.35. The molecule has 2 rings (SSSR count). The minimum atomic E-state index is 0. The number of rotatable bonds is 4. The summed E-state index contributed by atoms with van der Waals surface area (Å²) < 4.78 is 0. The third-order valence-electron chi connectivity index (χ3n) is 4.44. The van der Waals surface area contributed by atoms with Gasteiger partial charge in [-0.25, -0.2) is 0 Å². The molecule has 0 radical (unpaired) electrons. The first kappa shape index (κ1) is 16.7. The predicted octanol–water partition coefficient (Wildman–Crippen LogP) is 1.26. The smallest absolute Gasteiger partial charge is 0.220 e. The van der Waals surface area contributed by atoms with E-state index in [0.717, 1.165) is 12.3 Å². The second-order valence-electron chi connectivity index (χ2n) is 5.81. The largest absolute Gasteiger partial charge is 0.359 e. The number of amides is 1. The van der Waals surface area contributed by atoms with Gasteiger partial charge in [0.2, 0.25) is 5.91 Å². The van der Waals surface area contributed by atoms with Gasteiger partial charge in [-0.05, 0) is 63.7 Å². The Hall–Kier alpha value is -0.320. The number of halogens is 1. The zero-order valence-electron chi connectivity index (χ0n) is 12.0. The second-order valence-corrected chi connectivity index (χ2v) is 5.81. The summed E-state index contributed by atoms with van der Waals surface area (Å²) in [5.74, 6) is 1.70. The van der Waals surface area contributed by atoms with Crippen LogP contribution in [-0.4, -0.2) is 50.6 Å². The van der Waals surface area contributed by atoms with E-state index in [-0.39, 0.29) is 18.3 Å². The molecule has 0 aliphatic carbocycles. The summed E-state index contributed by atoms with van der Waals surface area (Å²) in [5.41, 5.74) is 0. The van der Waals surface area contributed by atoms with Gasteiger partial charge in [-0.3, -0.25) is 4.79 Å². The van der Waals surface area contributed by atoms with E-state index in [1.54, 1.807) is 7.05 Å². The molecule has 5 heteroatoms. The minimum absolute atomic E-state index is 0. The molecule has 0 atom stereocenters. The van der Waals surface area contributed by atoms with Crippen molar-refractivity contribution in [3.63, 3.8) is 0 Å². The highest BCUT2D eigenvalue weighted by molar-refractivity contribution is 5.85. The summed E-state index contributed by atoms with van der Waals surface area (Å²) >= 11 is 0. The van der Waals surface area contributed by atoms with Crippen LogP contribution in [0.4, 0.5) is 0 Å². The molecule has 2 aliphatic heterocycles. The fourth-order valence-electron chi connectivity index (χ4n) is 3.17. The van der Waals surface area contributed by atoms with Crippen LogP contribution in [0.15, 0.2) is 0 Å². The third kappa shape index (κ3) is 5.67. The van der Waals surface area contributed by atoms with E-state index in [9.17, 15) is 4.79 Å². The van der Waals surface area contributed by atoms with E-state index >= 15 is 0 Å². The van der Waals surface area contributed by atoms with E-state index in [2.05, 4.69) is 15.5 Å². The Bertz CT molecular complexity index is 261. The van der Waals surface area contributed by atoms with Gasteiger partial charge in [-0.2, -0.15) is 0 Å². The van der Waals surface area contributed by atoms with Crippen LogP contribution in [0.5, 0.6) is 0 Å². The van der Waals surface area contributed by atoms with Crippen LogP contribution in [0.3, 0.4) is 0 Å². The Labute approximate surface area is 123 Å². The molecule has 0 aromatic heterocycles. The highest BCUT2D eigenvalue weighted by Gasteiger charge is 2.23. The Kier molecular flexibility index (Phi) is 7.73. The average molecular weight is 290 g/mol. The van der Waals surface area contributed by atoms with Crippen molar-refractivity contribution in [2.45, 2.75) is 32.1 Å². The number of nitrogens with zero attached hydrogens (tertiary/aromatic N) is 1. The lowest BCUT2D eigenvalue weighted by atomic mass is 9.91. The topological polar surface area (TPSA) is 44.4 Å². The lowest BCUT2D eigenvalue weighted by Crippen LogP contribution is -2.40. The van der Waals surface area contributed by atoms with Crippen molar-refractivity contribution in [3.8, 4) is 0 Å². The molecule has 0 bridgehead atoms.